The standard InChI is InChI=1S/C25H25FN4O2/c1-16(20-7-5-4-6-8-20)28-23(31)15-30-25(32)24-18(3)29(17(2)22(24)13-27-30)14-19-9-11-21(26)12-10-19/h4-13,16H,14-15H2,1-3H3,(H,28,31). The quantitative estimate of drug-likeness (QED) is 0.503. The van der Waals surface area contributed by atoms with E-state index in [-0.39, 0.29) is 29.9 Å². The monoisotopic (exact) mass is 432 g/mol. The highest BCUT2D eigenvalue weighted by atomic mass is 19.1. The van der Waals surface area contributed by atoms with Gasteiger partial charge in [0.25, 0.3) is 5.56 Å². The molecular formula is C25H25FN4O2. The molecule has 1 N–H and O–H groups in total. The van der Waals surface area contributed by atoms with Crippen LogP contribution in [-0.2, 0) is 17.9 Å². The van der Waals surface area contributed by atoms with Gasteiger partial charge in [-0.3, -0.25) is 9.59 Å². The Balaban J connectivity index is 1.59. The van der Waals surface area contributed by atoms with Crippen LogP contribution in [0.5, 0.6) is 0 Å². The molecule has 7 heteroatoms. The molecule has 0 aliphatic heterocycles. The number of hydrogen-bond acceptors (Lipinski definition) is 3. The molecule has 2 aromatic heterocycles. The predicted molar refractivity (Wildman–Crippen MR) is 122 cm³/mol. The summed E-state index contributed by atoms with van der Waals surface area (Å²) in [4.78, 5) is 25.7. The average Bonchev–Trinajstić information content (AvgIpc) is 3.02. The minimum Gasteiger partial charge on any atom is -0.348 e. The molecule has 4 rings (SSSR count). The molecule has 164 valence electrons. The first-order valence-corrected chi connectivity index (χ1v) is 10.5. The van der Waals surface area contributed by atoms with Crippen molar-refractivity contribution in [2.45, 2.75) is 39.9 Å². The summed E-state index contributed by atoms with van der Waals surface area (Å²) in [6, 6.07) is 15.8. The number of nitrogens with one attached hydrogen (secondary N) is 1. The van der Waals surface area contributed by atoms with E-state index in [1.54, 1.807) is 18.3 Å². The lowest BCUT2D eigenvalue weighted by Gasteiger charge is -2.14. The molecule has 0 saturated carbocycles. The zero-order valence-corrected chi connectivity index (χ0v) is 18.3. The first-order chi connectivity index (χ1) is 15.3. The highest BCUT2D eigenvalue weighted by Gasteiger charge is 2.18. The van der Waals surface area contributed by atoms with E-state index in [1.807, 2.05) is 55.7 Å². The Morgan fingerprint density at radius 3 is 2.44 bits per heavy atom. The van der Waals surface area contributed by atoms with Crippen molar-refractivity contribution >= 4 is 16.7 Å². The van der Waals surface area contributed by atoms with Crippen LogP contribution >= 0.6 is 0 Å². The van der Waals surface area contributed by atoms with Gasteiger partial charge in [0.2, 0.25) is 5.91 Å². The van der Waals surface area contributed by atoms with Crippen molar-refractivity contribution in [1.29, 1.82) is 0 Å². The van der Waals surface area contributed by atoms with Crippen molar-refractivity contribution in [3.8, 4) is 0 Å². The number of carbonyl (C=O) groups excluding carboxylic acids is 1. The van der Waals surface area contributed by atoms with Gasteiger partial charge in [0, 0.05) is 23.3 Å². The van der Waals surface area contributed by atoms with Gasteiger partial charge < -0.3 is 9.88 Å². The number of fused-ring (bicyclic) bond motifs is 1. The van der Waals surface area contributed by atoms with Crippen LogP contribution in [0.15, 0.2) is 65.6 Å². The fourth-order valence-electron chi connectivity index (χ4n) is 4.01. The molecule has 2 heterocycles. The van der Waals surface area contributed by atoms with Crippen LogP contribution in [0.4, 0.5) is 4.39 Å². The first-order valence-electron chi connectivity index (χ1n) is 10.5. The number of halogens is 1. The molecule has 0 bridgehead atoms. The normalized spacial score (nSPS) is 12.1. The Morgan fingerprint density at radius 1 is 1.06 bits per heavy atom. The van der Waals surface area contributed by atoms with E-state index in [0.717, 1.165) is 27.9 Å². The molecule has 1 unspecified atom stereocenters. The second-order valence-corrected chi connectivity index (χ2v) is 7.98. The van der Waals surface area contributed by atoms with Gasteiger partial charge in [-0.05, 0) is 44.0 Å². The van der Waals surface area contributed by atoms with Crippen LogP contribution in [0.1, 0.15) is 35.5 Å². The van der Waals surface area contributed by atoms with E-state index in [0.29, 0.717) is 11.9 Å². The lowest BCUT2D eigenvalue weighted by Crippen LogP contribution is -2.35. The van der Waals surface area contributed by atoms with Crippen molar-refractivity contribution in [3.05, 3.63) is 99.5 Å². The van der Waals surface area contributed by atoms with Crippen LogP contribution in [0, 0.1) is 19.7 Å². The van der Waals surface area contributed by atoms with Crippen LogP contribution < -0.4 is 10.9 Å². The van der Waals surface area contributed by atoms with Crippen LogP contribution in [-0.4, -0.2) is 20.3 Å². The third-order valence-electron chi connectivity index (χ3n) is 5.83. The number of amides is 1. The highest BCUT2D eigenvalue weighted by Crippen LogP contribution is 2.23. The molecule has 0 aliphatic carbocycles. The molecule has 2 aromatic carbocycles. The van der Waals surface area contributed by atoms with Gasteiger partial charge in [0.05, 0.1) is 17.6 Å². The molecular weight excluding hydrogens is 407 g/mol. The number of hydrogen-bond donors (Lipinski definition) is 1. The van der Waals surface area contributed by atoms with Crippen molar-refractivity contribution in [2.24, 2.45) is 0 Å². The fraction of sp³-hybridized carbons (Fsp3) is 0.240. The Kier molecular flexibility index (Phi) is 5.90. The van der Waals surface area contributed by atoms with Gasteiger partial charge in [-0.25, -0.2) is 9.07 Å². The van der Waals surface area contributed by atoms with Crippen molar-refractivity contribution in [2.75, 3.05) is 0 Å². The maximum Gasteiger partial charge on any atom is 0.276 e. The summed E-state index contributed by atoms with van der Waals surface area (Å²) in [6.45, 7) is 6.06. The second kappa shape index (κ2) is 8.78. The number of aryl methyl sites for hydroxylation is 2. The molecule has 0 spiro atoms. The Morgan fingerprint density at radius 2 is 1.75 bits per heavy atom. The Labute approximate surface area is 185 Å². The summed E-state index contributed by atoms with van der Waals surface area (Å²) >= 11 is 0. The summed E-state index contributed by atoms with van der Waals surface area (Å²) in [5.74, 6) is -0.567. The van der Waals surface area contributed by atoms with Crippen LogP contribution in [0.3, 0.4) is 0 Å². The minimum absolute atomic E-state index is 0.159. The third-order valence-corrected chi connectivity index (χ3v) is 5.83. The molecule has 0 radical (unpaired) electrons. The maximum atomic E-state index is 13.2. The molecule has 0 fully saturated rings. The number of rotatable bonds is 6. The summed E-state index contributed by atoms with van der Waals surface area (Å²) in [7, 11) is 0. The van der Waals surface area contributed by atoms with E-state index >= 15 is 0 Å². The van der Waals surface area contributed by atoms with E-state index < -0.39 is 0 Å². The lowest BCUT2D eigenvalue weighted by atomic mass is 10.1. The van der Waals surface area contributed by atoms with E-state index in [1.165, 1.54) is 16.8 Å². The van der Waals surface area contributed by atoms with E-state index in [2.05, 4.69) is 10.4 Å². The van der Waals surface area contributed by atoms with Crippen molar-refractivity contribution in [1.82, 2.24) is 19.7 Å². The fourth-order valence-corrected chi connectivity index (χ4v) is 4.01. The second-order valence-electron chi connectivity index (χ2n) is 7.98. The number of nitrogens with zero attached hydrogens (tertiary/aromatic N) is 3. The first kappa shape index (κ1) is 21.5. The van der Waals surface area contributed by atoms with Crippen LogP contribution in [0.2, 0.25) is 0 Å². The van der Waals surface area contributed by atoms with Gasteiger partial charge in [-0.15, -0.1) is 0 Å². The highest BCUT2D eigenvalue weighted by molar-refractivity contribution is 5.87. The van der Waals surface area contributed by atoms with Gasteiger partial charge in [0.15, 0.2) is 0 Å². The zero-order chi connectivity index (χ0) is 22.8. The SMILES string of the molecule is Cc1c2cnn(CC(=O)NC(C)c3ccccc3)c(=O)c2c(C)n1Cc1ccc(F)cc1. The van der Waals surface area contributed by atoms with Gasteiger partial charge in [-0.1, -0.05) is 42.5 Å². The summed E-state index contributed by atoms with van der Waals surface area (Å²) < 4.78 is 16.5. The molecule has 4 aromatic rings. The van der Waals surface area contributed by atoms with Gasteiger partial charge >= 0.3 is 0 Å². The number of aromatic nitrogens is 3. The molecule has 1 atom stereocenters. The summed E-state index contributed by atoms with van der Waals surface area (Å²) in [5.41, 5.74) is 3.31. The largest absolute Gasteiger partial charge is 0.348 e. The smallest absolute Gasteiger partial charge is 0.276 e. The Hall–Kier alpha value is -3.74. The summed E-state index contributed by atoms with van der Waals surface area (Å²) in [5, 5.41) is 8.45. The molecule has 32 heavy (non-hydrogen) atoms. The number of carbonyl (C=O) groups is 1. The predicted octanol–water partition coefficient (Wildman–Crippen LogP) is 3.88. The zero-order valence-electron chi connectivity index (χ0n) is 18.3. The third kappa shape index (κ3) is 4.19. The van der Waals surface area contributed by atoms with Crippen LogP contribution in [0.25, 0.3) is 10.8 Å². The van der Waals surface area contributed by atoms with Gasteiger partial charge in [0.1, 0.15) is 12.4 Å². The van der Waals surface area contributed by atoms with Crippen molar-refractivity contribution < 1.29 is 9.18 Å². The minimum atomic E-state index is -0.302. The number of benzene rings is 2. The summed E-state index contributed by atoms with van der Waals surface area (Å²) in [6.07, 6.45) is 1.63. The average molecular weight is 432 g/mol. The molecule has 0 saturated heterocycles. The molecule has 6 nitrogen and oxygen atoms in total. The topological polar surface area (TPSA) is 68.9 Å². The maximum absolute atomic E-state index is 13.2. The van der Waals surface area contributed by atoms with Gasteiger partial charge in [-0.2, -0.15) is 5.10 Å². The van der Waals surface area contributed by atoms with E-state index in [4.69, 9.17) is 0 Å². The molecule has 0 aliphatic rings. The Bertz CT molecular complexity index is 1320. The molecule has 1 amide bonds. The van der Waals surface area contributed by atoms with Crippen molar-refractivity contribution in [3.63, 3.8) is 0 Å². The lowest BCUT2D eigenvalue weighted by molar-refractivity contribution is -0.122. The van der Waals surface area contributed by atoms with E-state index in [9.17, 15) is 14.0 Å².